The largest absolute Gasteiger partial charge is 0.473 e. The highest BCUT2D eigenvalue weighted by Crippen LogP contribution is 2.28. The Morgan fingerprint density at radius 2 is 2.05 bits per heavy atom. The molecule has 0 bridgehead atoms. The first-order chi connectivity index (χ1) is 19.4. The van der Waals surface area contributed by atoms with Gasteiger partial charge in [0.05, 0.1) is 48.6 Å². The summed E-state index contributed by atoms with van der Waals surface area (Å²) >= 11 is 5.87. The van der Waals surface area contributed by atoms with Crippen LogP contribution in [0, 0.1) is 12.7 Å². The Morgan fingerprint density at radius 1 is 1.20 bits per heavy atom. The Labute approximate surface area is 236 Å². The molecule has 0 unspecified atom stereocenters. The van der Waals surface area contributed by atoms with Crippen molar-refractivity contribution in [2.45, 2.75) is 52.1 Å². The van der Waals surface area contributed by atoms with Crippen LogP contribution in [0.5, 0.6) is 5.88 Å². The van der Waals surface area contributed by atoms with Crippen molar-refractivity contribution in [1.82, 2.24) is 19.4 Å². The molecule has 2 aliphatic rings. The minimum atomic E-state index is -0.401. The van der Waals surface area contributed by atoms with Crippen LogP contribution in [0.4, 0.5) is 4.39 Å². The van der Waals surface area contributed by atoms with E-state index < -0.39 is 5.82 Å². The Hall–Kier alpha value is -3.53. The maximum atomic E-state index is 14.2. The zero-order chi connectivity index (χ0) is 27.8. The van der Waals surface area contributed by atoms with Crippen molar-refractivity contribution >= 4 is 28.6 Å². The van der Waals surface area contributed by atoms with Gasteiger partial charge in [0, 0.05) is 36.3 Å². The van der Waals surface area contributed by atoms with Gasteiger partial charge in [-0.1, -0.05) is 17.7 Å². The molecule has 1 saturated heterocycles. The Kier molecular flexibility index (Phi) is 7.44. The van der Waals surface area contributed by atoms with E-state index in [-0.39, 0.29) is 18.7 Å². The van der Waals surface area contributed by atoms with E-state index in [0.29, 0.717) is 41.7 Å². The molecule has 0 radical (unpaired) electrons. The second kappa shape index (κ2) is 11.2. The highest BCUT2D eigenvalue weighted by Gasteiger charge is 2.26. The molecular formula is C30H30ClFN4O4. The number of carbonyl (C=O) groups excluding carboxylic acids is 1. The quantitative estimate of drug-likeness (QED) is 0.271. The molecular weight excluding hydrogens is 535 g/mol. The van der Waals surface area contributed by atoms with Crippen molar-refractivity contribution < 1.29 is 23.4 Å². The van der Waals surface area contributed by atoms with Gasteiger partial charge in [0.2, 0.25) is 5.88 Å². The van der Waals surface area contributed by atoms with Gasteiger partial charge in [-0.25, -0.2) is 19.2 Å². The lowest BCUT2D eigenvalue weighted by molar-refractivity contribution is -0.0592. The minimum Gasteiger partial charge on any atom is -0.473 e. The van der Waals surface area contributed by atoms with Gasteiger partial charge in [-0.15, -0.1) is 0 Å². The van der Waals surface area contributed by atoms with Crippen molar-refractivity contribution in [2.75, 3.05) is 20.3 Å². The number of esters is 1. The van der Waals surface area contributed by atoms with Crippen LogP contribution in [-0.2, 0) is 42.1 Å². The van der Waals surface area contributed by atoms with Gasteiger partial charge in [0.15, 0.2) is 0 Å². The van der Waals surface area contributed by atoms with E-state index in [0.717, 1.165) is 54.1 Å². The number of rotatable bonds is 8. The summed E-state index contributed by atoms with van der Waals surface area (Å²) in [6, 6.07) is 11.9. The first-order valence-corrected chi connectivity index (χ1v) is 13.7. The molecule has 8 nitrogen and oxygen atoms in total. The summed E-state index contributed by atoms with van der Waals surface area (Å²) in [5, 5.41) is 0.349. The molecule has 1 fully saturated rings. The van der Waals surface area contributed by atoms with Crippen molar-refractivity contribution in [2.24, 2.45) is 0 Å². The zero-order valence-electron chi connectivity index (χ0n) is 22.5. The monoisotopic (exact) mass is 564 g/mol. The summed E-state index contributed by atoms with van der Waals surface area (Å²) in [7, 11) is 1.38. The molecule has 2 aliphatic heterocycles. The molecule has 0 saturated carbocycles. The van der Waals surface area contributed by atoms with Crippen LogP contribution in [0.25, 0.3) is 11.0 Å². The molecule has 0 N–H and O–H groups in total. The number of aromatic nitrogens is 3. The average Bonchev–Trinajstić information content (AvgIpc) is 3.25. The number of aryl methyl sites for hydroxylation is 1. The Balaban J connectivity index is 1.23. The zero-order valence-corrected chi connectivity index (χ0v) is 23.2. The highest BCUT2D eigenvalue weighted by atomic mass is 35.5. The van der Waals surface area contributed by atoms with Crippen molar-refractivity contribution in [1.29, 1.82) is 0 Å². The molecule has 2 aromatic carbocycles. The number of fused-ring (bicyclic) bond motifs is 2. The van der Waals surface area contributed by atoms with Gasteiger partial charge in [0.25, 0.3) is 0 Å². The number of hydrogen-bond acceptors (Lipinski definition) is 7. The fourth-order valence-electron chi connectivity index (χ4n) is 5.34. The van der Waals surface area contributed by atoms with Gasteiger partial charge < -0.3 is 18.8 Å². The number of ether oxygens (including phenoxy) is 3. The number of pyridine rings is 1. The molecule has 10 heteroatoms. The minimum absolute atomic E-state index is 0.0682. The van der Waals surface area contributed by atoms with E-state index in [4.69, 9.17) is 35.8 Å². The first kappa shape index (κ1) is 26.7. The molecule has 0 aliphatic carbocycles. The summed E-state index contributed by atoms with van der Waals surface area (Å²) in [6.45, 7) is 5.69. The van der Waals surface area contributed by atoms with Crippen LogP contribution in [0.2, 0.25) is 5.02 Å². The third-order valence-electron chi connectivity index (χ3n) is 7.64. The topological polar surface area (TPSA) is 78.7 Å². The molecule has 2 aromatic heterocycles. The lowest BCUT2D eigenvalue weighted by Gasteiger charge is -2.30. The maximum Gasteiger partial charge on any atom is 0.337 e. The SMILES string of the molecule is COC(=O)c1ccc2nc(CN3CCc4c(C)cc(OCc5ccc(Cl)cc5F)nc4C3)n(C[C@@H]3CCO3)c2c1. The summed E-state index contributed by atoms with van der Waals surface area (Å²) in [4.78, 5) is 24.2. The van der Waals surface area contributed by atoms with Crippen LogP contribution in [-0.4, -0.2) is 51.8 Å². The lowest BCUT2D eigenvalue weighted by atomic mass is 10.00. The normalized spacial score (nSPS) is 16.9. The molecule has 208 valence electrons. The predicted octanol–water partition coefficient (Wildman–Crippen LogP) is 5.25. The molecule has 4 heterocycles. The molecule has 40 heavy (non-hydrogen) atoms. The van der Waals surface area contributed by atoms with E-state index in [1.165, 1.54) is 18.7 Å². The Bertz CT molecular complexity index is 1590. The van der Waals surface area contributed by atoms with Crippen LogP contribution < -0.4 is 4.74 Å². The smallest absolute Gasteiger partial charge is 0.337 e. The van der Waals surface area contributed by atoms with Gasteiger partial charge >= 0.3 is 5.97 Å². The van der Waals surface area contributed by atoms with E-state index in [1.54, 1.807) is 18.2 Å². The maximum absolute atomic E-state index is 14.2. The van der Waals surface area contributed by atoms with Crippen LogP contribution >= 0.6 is 11.6 Å². The number of carbonyl (C=O) groups is 1. The molecule has 1 atom stereocenters. The fourth-order valence-corrected chi connectivity index (χ4v) is 5.50. The molecule has 0 amide bonds. The molecule has 6 rings (SSSR count). The predicted molar refractivity (Wildman–Crippen MR) is 148 cm³/mol. The van der Waals surface area contributed by atoms with Gasteiger partial charge in [-0.05, 0) is 61.2 Å². The van der Waals surface area contributed by atoms with Gasteiger partial charge in [-0.3, -0.25) is 4.90 Å². The molecule has 4 aromatic rings. The number of methoxy groups -OCH3 is 1. The number of imidazole rings is 1. The van der Waals surface area contributed by atoms with E-state index in [2.05, 4.69) is 16.4 Å². The summed E-state index contributed by atoms with van der Waals surface area (Å²) < 4.78 is 32.9. The lowest BCUT2D eigenvalue weighted by Crippen LogP contribution is -2.34. The van der Waals surface area contributed by atoms with Gasteiger partial charge in [0.1, 0.15) is 18.2 Å². The molecule has 0 spiro atoms. The standard InChI is InChI=1S/C30H30ClFN4O4/c1-18-11-29(40-17-20-3-5-21(31)13-24(20)32)34-26-15-35(9-7-23(18)26)16-28-33-25-6-4-19(30(37)38-2)12-27(25)36(28)14-22-8-10-39-22/h3-6,11-13,22H,7-10,14-17H2,1-2H3/t22-/m0/s1. The van der Waals surface area contributed by atoms with Crippen molar-refractivity contribution in [3.8, 4) is 5.88 Å². The fraction of sp³-hybridized carbons (Fsp3) is 0.367. The average molecular weight is 565 g/mol. The second-order valence-electron chi connectivity index (χ2n) is 10.3. The van der Waals surface area contributed by atoms with Crippen LogP contribution in [0.3, 0.4) is 0 Å². The third-order valence-corrected chi connectivity index (χ3v) is 7.88. The van der Waals surface area contributed by atoms with E-state index in [1.807, 2.05) is 18.2 Å². The number of halogens is 2. The van der Waals surface area contributed by atoms with E-state index >= 15 is 0 Å². The summed E-state index contributed by atoms with van der Waals surface area (Å²) in [6.07, 6.45) is 1.99. The van der Waals surface area contributed by atoms with Crippen LogP contribution in [0.15, 0.2) is 42.5 Å². The van der Waals surface area contributed by atoms with E-state index in [9.17, 15) is 9.18 Å². The van der Waals surface area contributed by atoms with Crippen molar-refractivity contribution in [3.05, 3.63) is 87.1 Å². The number of hydrogen-bond donors (Lipinski definition) is 0. The number of nitrogens with zero attached hydrogens (tertiary/aromatic N) is 4. The summed E-state index contributed by atoms with van der Waals surface area (Å²) in [5.74, 6) is 0.611. The number of benzene rings is 2. The van der Waals surface area contributed by atoms with Crippen molar-refractivity contribution in [3.63, 3.8) is 0 Å². The Morgan fingerprint density at radius 3 is 2.80 bits per heavy atom. The first-order valence-electron chi connectivity index (χ1n) is 13.4. The second-order valence-corrected chi connectivity index (χ2v) is 10.7. The van der Waals surface area contributed by atoms with Crippen LogP contribution in [0.1, 0.15) is 45.0 Å². The summed E-state index contributed by atoms with van der Waals surface area (Å²) in [5.41, 5.74) is 5.93. The van der Waals surface area contributed by atoms with Gasteiger partial charge in [-0.2, -0.15) is 0 Å². The third kappa shape index (κ3) is 5.41. The highest BCUT2D eigenvalue weighted by molar-refractivity contribution is 6.30.